The zero-order valence-electron chi connectivity index (χ0n) is 21.9. The fraction of sp³-hybridized carbons (Fsp3) is 0. The lowest BCUT2D eigenvalue weighted by molar-refractivity contribution is -2.00. The van der Waals surface area contributed by atoms with Gasteiger partial charge in [-0.1, -0.05) is 103 Å². The lowest BCUT2D eigenvalue weighted by atomic mass is 10.2. The Morgan fingerprint density at radius 2 is 0.805 bits per heavy atom. The molecule has 0 radical (unpaired) electrons. The predicted molar refractivity (Wildman–Crippen MR) is 153 cm³/mol. The predicted octanol–water partition coefficient (Wildman–Crippen LogP) is 1.65. The van der Waals surface area contributed by atoms with Crippen molar-refractivity contribution in [1.82, 2.24) is 5.32 Å². The highest BCUT2D eigenvalue weighted by Gasteiger charge is 2.50. The summed E-state index contributed by atoms with van der Waals surface area (Å²) >= 11 is 0. The lowest BCUT2D eigenvalue weighted by Crippen LogP contribution is -2.68. The molecule has 0 atom stereocenters. The number of halogens is 1. The van der Waals surface area contributed by atoms with E-state index in [-0.39, 0.29) is 5.91 Å². The molecule has 0 aliphatic rings. The zero-order valence-corrected chi connectivity index (χ0v) is 23.5. The van der Waals surface area contributed by atoms with Gasteiger partial charge in [-0.25, -0.2) is 18.6 Å². The number of amides is 1. The summed E-state index contributed by atoms with van der Waals surface area (Å²) in [6.45, 7) is 0. The number of rotatable bonds is 7. The maximum atomic E-state index is 13.2. The summed E-state index contributed by atoms with van der Waals surface area (Å²) in [7, 11) is -7.33. The van der Waals surface area contributed by atoms with Crippen LogP contribution in [-0.4, -0.2) is 5.91 Å². The van der Waals surface area contributed by atoms with Crippen molar-refractivity contribution in [3.8, 4) is 0 Å². The molecule has 0 aliphatic heterocycles. The molecule has 0 unspecified atom stereocenters. The minimum Gasteiger partial charge on any atom is -0.325 e. The van der Waals surface area contributed by atoms with Crippen molar-refractivity contribution in [2.45, 2.75) is 0 Å². The Morgan fingerprint density at radius 1 is 0.512 bits per heavy atom. The van der Waals surface area contributed by atoms with E-state index in [2.05, 4.69) is 121 Å². The maximum Gasteiger partial charge on any atom is 0.255 e. The Balaban J connectivity index is 0.000000714. The van der Waals surface area contributed by atoms with Gasteiger partial charge in [0.2, 0.25) is 0 Å². The number of carbonyl (C=O) groups is 1. The normalized spacial score (nSPS) is 11.7. The van der Waals surface area contributed by atoms with Crippen LogP contribution in [0.2, 0.25) is 0 Å². The van der Waals surface area contributed by atoms with Crippen LogP contribution in [0.3, 0.4) is 0 Å². The van der Waals surface area contributed by atoms with Gasteiger partial charge < -0.3 is 5.32 Å². The molecule has 0 saturated heterocycles. The molecule has 1 N–H and O–H groups in total. The first-order valence-electron chi connectivity index (χ1n) is 12.6. The van der Waals surface area contributed by atoms with Gasteiger partial charge in [-0.3, -0.25) is 4.79 Å². The molecule has 5 rings (SSSR count). The zero-order chi connectivity index (χ0) is 29.1. The number of benzene rings is 5. The second-order valence-corrected chi connectivity index (χ2v) is 12.9. The number of nitrogens with one attached hydrogen (secondary N) is 1. The standard InChI is InChI=1S/C33H26NOP.ClHO4/c35-33(28-18-8-2-9-19-28)34-26-32(27-16-6-1-7-17-27)36(29-20-10-3-11-21-29,30-22-12-4-13-23-30)31-24-14-5-15-25-31;2-1(3,4)5/h1-26H;(H,2,3,4,5). The average Bonchev–Trinajstić information content (AvgIpc) is 3.00. The van der Waals surface area contributed by atoms with Crippen LogP contribution in [0, 0.1) is 10.2 Å². The van der Waals surface area contributed by atoms with Crippen molar-refractivity contribution in [3.05, 3.63) is 169 Å². The molecular weight excluding hydrogens is 557 g/mol. The molecule has 0 aromatic heterocycles. The topological polar surface area (TPSA) is 121 Å². The highest BCUT2D eigenvalue weighted by molar-refractivity contribution is 8.03. The summed E-state index contributed by atoms with van der Waals surface area (Å²) in [5.74, 6) is -0.128. The summed E-state index contributed by atoms with van der Waals surface area (Å²) in [5, 5.41) is 7.92. The highest BCUT2D eigenvalue weighted by atomic mass is 35.7. The van der Waals surface area contributed by atoms with Crippen LogP contribution in [-0.2, 0) is 0 Å². The average molecular weight is 584 g/mol. The van der Waals surface area contributed by atoms with Crippen LogP contribution in [0.4, 0.5) is 0 Å². The van der Waals surface area contributed by atoms with E-state index < -0.39 is 17.5 Å². The summed E-state index contributed by atoms with van der Waals surface area (Å²) in [6.07, 6.45) is 1.94. The molecule has 0 fully saturated rings. The Hall–Kier alpha value is -4.13. The summed E-state index contributed by atoms with van der Waals surface area (Å²) in [5.41, 5.74) is 1.71. The van der Waals surface area contributed by atoms with Crippen LogP contribution in [0.5, 0.6) is 0 Å². The van der Waals surface area contributed by atoms with Gasteiger partial charge in [0, 0.05) is 17.3 Å². The lowest BCUT2D eigenvalue weighted by Gasteiger charge is -2.29. The quantitative estimate of drug-likeness (QED) is 0.292. The second kappa shape index (κ2) is 14.0. The first-order valence-corrected chi connectivity index (χ1v) is 15.6. The van der Waals surface area contributed by atoms with Gasteiger partial charge in [0.1, 0.15) is 28.5 Å². The fourth-order valence-corrected chi connectivity index (χ4v) is 8.99. The largest absolute Gasteiger partial charge is 0.325 e. The van der Waals surface area contributed by atoms with E-state index in [4.69, 9.17) is 18.6 Å². The van der Waals surface area contributed by atoms with Crippen LogP contribution < -0.4 is 39.9 Å². The Labute approximate surface area is 242 Å². The first-order chi connectivity index (χ1) is 19.8. The third-order valence-corrected chi connectivity index (χ3v) is 10.6. The number of carbonyl (C=O) groups excluding carboxylic acids is 1. The van der Waals surface area contributed by atoms with Gasteiger partial charge in [-0.15, -0.1) is 10.2 Å². The third kappa shape index (κ3) is 7.75. The molecule has 0 spiro atoms. The van der Waals surface area contributed by atoms with E-state index >= 15 is 0 Å². The van der Waals surface area contributed by atoms with E-state index in [9.17, 15) is 4.79 Å². The summed E-state index contributed by atoms with van der Waals surface area (Å²) in [6, 6.07) is 51.8. The molecule has 41 heavy (non-hydrogen) atoms. The Bertz CT molecular complexity index is 1440. The fourth-order valence-electron chi connectivity index (χ4n) is 4.61. The van der Waals surface area contributed by atoms with Crippen molar-refractivity contribution in [2.75, 3.05) is 0 Å². The molecule has 0 heterocycles. The van der Waals surface area contributed by atoms with Crippen LogP contribution in [0.15, 0.2) is 158 Å². The molecule has 206 valence electrons. The molecular formula is C33H27ClNO5P. The molecule has 0 bridgehead atoms. The maximum absolute atomic E-state index is 13.2. The van der Waals surface area contributed by atoms with Gasteiger partial charge in [0.05, 0.1) is 0 Å². The van der Waals surface area contributed by atoms with Gasteiger partial charge in [0.25, 0.3) is 5.91 Å². The van der Waals surface area contributed by atoms with Crippen molar-refractivity contribution < 1.29 is 33.7 Å². The van der Waals surface area contributed by atoms with Gasteiger partial charge >= 0.3 is 0 Å². The SMILES string of the molecule is O=C(NC=C(c1ccccc1)[P+](c1ccccc1)(c1ccccc1)c1ccccc1)c1ccccc1.[O-][Cl+3]([O-])([O-])[O-]. The smallest absolute Gasteiger partial charge is 0.255 e. The molecule has 1 amide bonds. The molecule has 5 aromatic carbocycles. The van der Waals surface area contributed by atoms with Gasteiger partial charge in [-0.05, 0) is 48.5 Å². The molecule has 0 saturated carbocycles. The third-order valence-electron chi connectivity index (χ3n) is 6.24. The summed E-state index contributed by atoms with van der Waals surface area (Å²) < 4.78 is 34.0. The molecule has 6 nitrogen and oxygen atoms in total. The van der Waals surface area contributed by atoms with Crippen LogP contribution in [0.25, 0.3) is 5.31 Å². The van der Waals surface area contributed by atoms with Gasteiger partial charge in [0.15, 0.2) is 0 Å². The van der Waals surface area contributed by atoms with E-state index in [1.807, 2.05) is 42.6 Å². The number of hydrogen-bond acceptors (Lipinski definition) is 5. The Morgan fingerprint density at radius 3 is 1.15 bits per heavy atom. The minimum absolute atomic E-state index is 0.128. The second-order valence-electron chi connectivity index (χ2n) is 8.79. The molecule has 0 aliphatic carbocycles. The Kier molecular flexibility index (Phi) is 10.2. The monoisotopic (exact) mass is 583 g/mol. The van der Waals surface area contributed by atoms with Crippen molar-refractivity contribution in [2.24, 2.45) is 0 Å². The molecule has 8 heteroatoms. The van der Waals surface area contributed by atoms with Crippen LogP contribution in [0.1, 0.15) is 15.9 Å². The van der Waals surface area contributed by atoms with E-state index in [0.29, 0.717) is 5.56 Å². The minimum atomic E-state index is -4.94. The number of hydrogen-bond donors (Lipinski definition) is 1. The van der Waals surface area contributed by atoms with Crippen molar-refractivity contribution >= 4 is 34.4 Å². The molecule has 5 aromatic rings. The van der Waals surface area contributed by atoms with Gasteiger partial charge in [-0.2, -0.15) is 0 Å². The first kappa shape index (κ1) is 29.8. The summed E-state index contributed by atoms with van der Waals surface area (Å²) in [4.78, 5) is 13.2. The van der Waals surface area contributed by atoms with Crippen LogP contribution >= 0.6 is 7.26 Å². The highest BCUT2D eigenvalue weighted by Crippen LogP contribution is 2.66. The van der Waals surface area contributed by atoms with Crippen molar-refractivity contribution in [1.29, 1.82) is 0 Å². The van der Waals surface area contributed by atoms with E-state index in [1.54, 1.807) is 0 Å². The van der Waals surface area contributed by atoms with E-state index in [0.717, 1.165) is 10.9 Å². The van der Waals surface area contributed by atoms with E-state index in [1.165, 1.54) is 15.9 Å². The van der Waals surface area contributed by atoms with Crippen molar-refractivity contribution in [3.63, 3.8) is 0 Å².